The van der Waals surface area contributed by atoms with Crippen LogP contribution in [-0.4, -0.2) is 10.5 Å². The van der Waals surface area contributed by atoms with E-state index in [9.17, 15) is 9.59 Å². The molecule has 0 aliphatic rings. The van der Waals surface area contributed by atoms with Gasteiger partial charge in [-0.2, -0.15) is 0 Å². The molecule has 3 aromatic carbocycles. The van der Waals surface area contributed by atoms with Gasteiger partial charge in [0, 0.05) is 23.8 Å². The molecule has 1 aromatic heterocycles. The van der Waals surface area contributed by atoms with E-state index in [2.05, 4.69) is 5.32 Å². The van der Waals surface area contributed by atoms with E-state index in [0.717, 1.165) is 22.3 Å². The summed E-state index contributed by atoms with van der Waals surface area (Å²) in [4.78, 5) is 25.7. The molecule has 4 nitrogen and oxygen atoms in total. The van der Waals surface area contributed by atoms with Crippen LogP contribution < -0.4 is 10.7 Å². The van der Waals surface area contributed by atoms with Crippen molar-refractivity contribution in [3.05, 3.63) is 112 Å². The highest BCUT2D eigenvalue weighted by atomic mass is 16.2. The highest BCUT2D eigenvalue weighted by Crippen LogP contribution is 2.17. The van der Waals surface area contributed by atoms with Crippen molar-refractivity contribution < 1.29 is 4.79 Å². The maximum atomic E-state index is 12.9. The number of hydrogen-bond donors (Lipinski definition) is 1. The third-order valence-electron chi connectivity index (χ3n) is 4.76. The zero-order valence-electron chi connectivity index (χ0n) is 15.6. The molecule has 0 radical (unpaired) electrons. The summed E-state index contributed by atoms with van der Waals surface area (Å²) < 4.78 is 1.89. The van der Waals surface area contributed by atoms with Crippen LogP contribution in [0.1, 0.15) is 21.5 Å². The van der Waals surface area contributed by atoms with Crippen molar-refractivity contribution in [2.45, 2.75) is 13.5 Å². The van der Waals surface area contributed by atoms with Gasteiger partial charge in [-0.05, 0) is 36.8 Å². The minimum Gasteiger partial charge on any atom is -0.348 e. The average Bonchev–Trinajstić information content (AvgIpc) is 2.74. The highest BCUT2D eigenvalue weighted by molar-refractivity contribution is 5.97. The molecule has 0 bridgehead atoms. The van der Waals surface area contributed by atoms with Gasteiger partial charge < -0.3 is 9.88 Å². The first-order chi connectivity index (χ1) is 13.6. The van der Waals surface area contributed by atoms with Crippen LogP contribution in [-0.2, 0) is 6.54 Å². The van der Waals surface area contributed by atoms with Gasteiger partial charge in [0.05, 0.1) is 5.52 Å². The molecule has 4 aromatic rings. The summed E-state index contributed by atoms with van der Waals surface area (Å²) in [6.45, 7) is 2.39. The van der Waals surface area contributed by atoms with Gasteiger partial charge in [-0.25, -0.2) is 0 Å². The molecule has 0 saturated heterocycles. The van der Waals surface area contributed by atoms with E-state index in [4.69, 9.17) is 0 Å². The lowest BCUT2D eigenvalue weighted by molar-refractivity contribution is 0.0949. The van der Waals surface area contributed by atoms with Crippen molar-refractivity contribution in [3.63, 3.8) is 0 Å². The molecule has 0 saturated carbocycles. The number of nitrogens with zero attached hydrogens (tertiary/aromatic N) is 1. The Morgan fingerprint density at radius 2 is 1.57 bits per heavy atom. The number of aryl methyl sites for hydroxylation is 1. The van der Waals surface area contributed by atoms with Crippen molar-refractivity contribution in [2.75, 3.05) is 0 Å². The summed E-state index contributed by atoms with van der Waals surface area (Å²) in [6.07, 6.45) is 1.63. The van der Waals surface area contributed by atoms with Crippen LogP contribution in [0.3, 0.4) is 0 Å². The minimum atomic E-state index is -0.374. The van der Waals surface area contributed by atoms with E-state index in [0.29, 0.717) is 11.9 Å². The lowest BCUT2D eigenvalue weighted by Gasteiger charge is -2.13. The Kier molecular flexibility index (Phi) is 4.77. The number of benzene rings is 3. The van der Waals surface area contributed by atoms with E-state index >= 15 is 0 Å². The largest absolute Gasteiger partial charge is 0.348 e. The Balaban J connectivity index is 1.74. The molecule has 0 aliphatic heterocycles. The molecule has 138 valence electrons. The van der Waals surface area contributed by atoms with Crippen molar-refractivity contribution in [1.29, 1.82) is 0 Å². The fourth-order valence-corrected chi connectivity index (χ4v) is 3.23. The highest BCUT2D eigenvalue weighted by Gasteiger charge is 2.15. The van der Waals surface area contributed by atoms with E-state index < -0.39 is 0 Å². The molecule has 1 N–H and O–H groups in total. The number of nitrogens with one attached hydrogen (secondary N) is 1. The molecule has 4 heteroatoms. The molecular formula is C24H20N2O2. The second-order valence-electron chi connectivity index (χ2n) is 6.76. The van der Waals surface area contributed by atoms with E-state index in [1.807, 2.05) is 84.3 Å². The van der Waals surface area contributed by atoms with Crippen LogP contribution in [0.2, 0.25) is 0 Å². The lowest BCUT2D eigenvalue weighted by atomic mass is 10.1. The molecular weight excluding hydrogens is 348 g/mol. The van der Waals surface area contributed by atoms with E-state index in [1.54, 1.807) is 12.3 Å². The van der Waals surface area contributed by atoms with Gasteiger partial charge in [0.2, 0.25) is 5.43 Å². The molecule has 0 spiro atoms. The summed E-state index contributed by atoms with van der Waals surface area (Å²) in [6, 6.07) is 25.0. The smallest absolute Gasteiger partial charge is 0.257 e. The average molecular weight is 368 g/mol. The number of aromatic nitrogens is 1. The first-order valence-electron chi connectivity index (χ1n) is 9.17. The summed E-state index contributed by atoms with van der Waals surface area (Å²) in [5, 5.41) is 3.39. The number of rotatable bonds is 4. The van der Waals surface area contributed by atoms with E-state index in [-0.39, 0.29) is 16.9 Å². The van der Waals surface area contributed by atoms with Gasteiger partial charge in [-0.15, -0.1) is 0 Å². The Hall–Kier alpha value is -3.66. The Bertz CT molecular complexity index is 1190. The van der Waals surface area contributed by atoms with E-state index in [1.165, 1.54) is 0 Å². The van der Waals surface area contributed by atoms with Crippen LogP contribution >= 0.6 is 0 Å². The number of carbonyl (C=O) groups is 1. The summed E-state index contributed by atoms with van der Waals surface area (Å²) in [7, 11) is 0. The summed E-state index contributed by atoms with van der Waals surface area (Å²) in [5.74, 6) is -0.374. The molecule has 1 amide bonds. The van der Waals surface area contributed by atoms with Gasteiger partial charge in [-0.3, -0.25) is 9.59 Å². The number of pyridine rings is 1. The zero-order valence-corrected chi connectivity index (χ0v) is 15.6. The van der Waals surface area contributed by atoms with Crippen LogP contribution in [0.4, 0.5) is 0 Å². The van der Waals surface area contributed by atoms with Gasteiger partial charge in [-0.1, -0.05) is 60.2 Å². The fourth-order valence-electron chi connectivity index (χ4n) is 3.23. The predicted molar refractivity (Wildman–Crippen MR) is 112 cm³/mol. The molecule has 0 aliphatic carbocycles. The zero-order chi connectivity index (χ0) is 19.5. The number of hydrogen-bond acceptors (Lipinski definition) is 2. The van der Waals surface area contributed by atoms with Crippen LogP contribution in [0.15, 0.2) is 89.9 Å². The third-order valence-corrected chi connectivity index (χ3v) is 4.76. The standard InChI is InChI=1S/C24H20N2O2/c1-17-11-13-18(14-12-17)15-25-24(28)21-16-26(19-7-3-2-4-8-19)22-10-6-5-9-20(22)23(21)27/h2-14,16H,15H2,1H3,(H,25,28). The predicted octanol–water partition coefficient (Wildman–Crippen LogP) is 4.23. The first-order valence-corrected chi connectivity index (χ1v) is 9.17. The molecule has 1 heterocycles. The van der Waals surface area contributed by atoms with Crippen molar-refractivity contribution in [2.24, 2.45) is 0 Å². The Morgan fingerprint density at radius 3 is 2.32 bits per heavy atom. The summed E-state index contributed by atoms with van der Waals surface area (Å²) >= 11 is 0. The van der Waals surface area contributed by atoms with Gasteiger partial charge >= 0.3 is 0 Å². The maximum absolute atomic E-state index is 12.9. The lowest BCUT2D eigenvalue weighted by Crippen LogP contribution is -2.29. The minimum absolute atomic E-state index is 0.134. The Morgan fingerprint density at radius 1 is 0.893 bits per heavy atom. The van der Waals surface area contributed by atoms with Crippen molar-refractivity contribution in [3.8, 4) is 5.69 Å². The first kappa shape index (κ1) is 17.7. The number of para-hydroxylation sites is 2. The number of carbonyl (C=O) groups excluding carboxylic acids is 1. The second-order valence-corrected chi connectivity index (χ2v) is 6.76. The van der Waals surface area contributed by atoms with Crippen LogP contribution in [0.25, 0.3) is 16.6 Å². The van der Waals surface area contributed by atoms with Crippen LogP contribution in [0, 0.1) is 6.92 Å². The topological polar surface area (TPSA) is 51.1 Å². The number of amides is 1. The summed E-state index contributed by atoms with van der Waals surface area (Å²) in [5.41, 5.74) is 3.69. The molecule has 28 heavy (non-hydrogen) atoms. The molecule has 0 fully saturated rings. The normalized spacial score (nSPS) is 10.8. The second kappa shape index (κ2) is 7.53. The monoisotopic (exact) mass is 368 g/mol. The van der Waals surface area contributed by atoms with Crippen molar-refractivity contribution >= 4 is 16.8 Å². The van der Waals surface area contributed by atoms with Gasteiger partial charge in [0.1, 0.15) is 5.56 Å². The third kappa shape index (κ3) is 3.45. The number of fused-ring (bicyclic) bond motifs is 1. The fraction of sp³-hybridized carbons (Fsp3) is 0.0833. The van der Waals surface area contributed by atoms with Crippen LogP contribution in [0.5, 0.6) is 0 Å². The van der Waals surface area contributed by atoms with Crippen molar-refractivity contribution in [1.82, 2.24) is 9.88 Å². The molecule has 0 unspecified atom stereocenters. The van der Waals surface area contributed by atoms with Gasteiger partial charge in [0.15, 0.2) is 0 Å². The Labute approximate surface area is 163 Å². The quantitative estimate of drug-likeness (QED) is 0.586. The molecule has 0 atom stereocenters. The molecule has 4 rings (SSSR count). The van der Waals surface area contributed by atoms with Gasteiger partial charge in [0.25, 0.3) is 5.91 Å². The maximum Gasteiger partial charge on any atom is 0.257 e. The SMILES string of the molecule is Cc1ccc(CNC(=O)c2cn(-c3ccccc3)c3ccccc3c2=O)cc1.